The Morgan fingerprint density at radius 3 is 2.09 bits per heavy atom. The predicted octanol–water partition coefficient (Wildman–Crippen LogP) is 1.78. The molecule has 11 heavy (non-hydrogen) atoms. The third-order valence-electron chi connectivity index (χ3n) is 1.78. The van der Waals surface area contributed by atoms with E-state index in [9.17, 15) is 0 Å². The highest BCUT2D eigenvalue weighted by Gasteiger charge is 2.11. The summed E-state index contributed by atoms with van der Waals surface area (Å²) >= 11 is 0. The summed E-state index contributed by atoms with van der Waals surface area (Å²) in [5.41, 5.74) is 0. The van der Waals surface area contributed by atoms with Crippen LogP contribution in [-0.4, -0.2) is 36.4 Å². The van der Waals surface area contributed by atoms with Gasteiger partial charge in [-0.05, 0) is 14.1 Å². The van der Waals surface area contributed by atoms with E-state index < -0.39 is 8.07 Å². The summed E-state index contributed by atoms with van der Waals surface area (Å²) in [4.78, 5) is 0. The Morgan fingerprint density at radius 1 is 1.18 bits per heavy atom. The van der Waals surface area contributed by atoms with Gasteiger partial charge in [-0.25, -0.2) is 0 Å². The first-order valence-corrected chi connectivity index (χ1v) is 9.90. The maximum atomic E-state index is 2.46. The van der Waals surface area contributed by atoms with Crippen LogP contribution in [0.2, 0.25) is 31.7 Å². The van der Waals surface area contributed by atoms with Gasteiger partial charge in [0, 0.05) is 8.07 Å². The van der Waals surface area contributed by atoms with Gasteiger partial charge in [0.1, 0.15) is 0 Å². The van der Waals surface area contributed by atoms with Crippen molar-refractivity contribution in [2.75, 3.05) is 14.1 Å². The Morgan fingerprint density at radius 2 is 1.73 bits per heavy atom. The summed E-state index contributed by atoms with van der Waals surface area (Å²) < 4.78 is 2.41. The molecule has 0 N–H and O–H groups in total. The average molecular weight is 189 g/mol. The van der Waals surface area contributed by atoms with Crippen molar-refractivity contribution < 1.29 is 0 Å². The van der Waals surface area contributed by atoms with Crippen molar-refractivity contribution in [3.05, 3.63) is 0 Å². The van der Waals surface area contributed by atoms with Crippen molar-refractivity contribution in [2.45, 2.75) is 38.2 Å². The standard InChI is InChI=1S/C8H23NSi2/c1-9(2)10-7-6-8-11(3,4)5/h6-8,10H2,1-5H3. The van der Waals surface area contributed by atoms with Crippen LogP contribution in [0.3, 0.4) is 0 Å². The van der Waals surface area contributed by atoms with E-state index in [1.54, 1.807) is 0 Å². The Bertz CT molecular complexity index is 96.8. The highest BCUT2D eigenvalue weighted by atomic mass is 28.3. The van der Waals surface area contributed by atoms with Crippen LogP contribution < -0.4 is 0 Å². The zero-order valence-corrected chi connectivity index (χ0v) is 11.2. The van der Waals surface area contributed by atoms with Crippen molar-refractivity contribution in [1.29, 1.82) is 0 Å². The second kappa shape index (κ2) is 5.11. The van der Waals surface area contributed by atoms with E-state index in [2.05, 4.69) is 38.3 Å². The second-order valence-corrected chi connectivity index (χ2v) is 12.9. The van der Waals surface area contributed by atoms with E-state index in [1.165, 1.54) is 18.5 Å². The van der Waals surface area contributed by atoms with Crippen LogP contribution in [0.15, 0.2) is 0 Å². The quantitative estimate of drug-likeness (QED) is 0.471. The van der Waals surface area contributed by atoms with Gasteiger partial charge < -0.3 is 4.57 Å². The van der Waals surface area contributed by atoms with Crippen LogP contribution in [0, 0.1) is 0 Å². The topological polar surface area (TPSA) is 3.24 Å². The van der Waals surface area contributed by atoms with E-state index in [1.807, 2.05) is 0 Å². The Labute approximate surface area is 75.1 Å². The third-order valence-corrected chi connectivity index (χ3v) is 5.35. The molecule has 3 heteroatoms. The predicted molar refractivity (Wildman–Crippen MR) is 59.8 cm³/mol. The van der Waals surface area contributed by atoms with Crippen molar-refractivity contribution in [2.24, 2.45) is 0 Å². The first-order valence-electron chi connectivity index (χ1n) is 4.56. The average Bonchev–Trinajstić information content (AvgIpc) is 1.78. The van der Waals surface area contributed by atoms with E-state index in [-0.39, 0.29) is 9.68 Å². The monoisotopic (exact) mass is 189 g/mol. The van der Waals surface area contributed by atoms with E-state index in [0.717, 1.165) is 0 Å². The van der Waals surface area contributed by atoms with Crippen LogP contribution in [0.25, 0.3) is 0 Å². The molecule has 0 saturated carbocycles. The van der Waals surface area contributed by atoms with Crippen LogP contribution in [0.1, 0.15) is 6.42 Å². The van der Waals surface area contributed by atoms with E-state index in [0.29, 0.717) is 0 Å². The Balaban J connectivity index is 3.15. The molecule has 0 amide bonds. The number of nitrogens with zero attached hydrogens (tertiary/aromatic N) is 1. The third kappa shape index (κ3) is 10.4. The zero-order valence-electron chi connectivity index (χ0n) is 8.78. The maximum absolute atomic E-state index is 2.46. The van der Waals surface area contributed by atoms with Gasteiger partial charge >= 0.3 is 0 Å². The van der Waals surface area contributed by atoms with Crippen LogP contribution in [0.4, 0.5) is 0 Å². The van der Waals surface area contributed by atoms with E-state index in [4.69, 9.17) is 0 Å². The fourth-order valence-electron chi connectivity index (χ4n) is 1.08. The molecule has 0 fully saturated rings. The highest BCUT2D eigenvalue weighted by molar-refractivity contribution is 6.76. The summed E-state index contributed by atoms with van der Waals surface area (Å²) in [7, 11) is 3.83. The van der Waals surface area contributed by atoms with Crippen LogP contribution in [0.5, 0.6) is 0 Å². The molecule has 68 valence electrons. The maximum Gasteiger partial charge on any atom is 0.0943 e. The van der Waals surface area contributed by atoms with Crippen LogP contribution >= 0.6 is 0 Å². The summed E-state index contributed by atoms with van der Waals surface area (Å²) in [5.74, 6) is 0. The minimum absolute atomic E-state index is 0.133. The van der Waals surface area contributed by atoms with Gasteiger partial charge in [-0.3, -0.25) is 0 Å². The lowest BCUT2D eigenvalue weighted by Crippen LogP contribution is -2.21. The number of hydrogen-bond acceptors (Lipinski definition) is 1. The SMILES string of the molecule is CN(C)[SiH2]CCC[Si](C)(C)C. The van der Waals surface area contributed by atoms with Gasteiger partial charge in [0.2, 0.25) is 0 Å². The lowest BCUT2D eigenvalue weighted by molar-refractivity contribution is 0.655. The lowest BCUT2D eigenvalue weighted by Gasteiger charge is -2.15. The molecule has 0 aliphatic heterocycles. The molecule has 1 nitrogen and oxygen atoms in total. The highest BCUT2D eigenvalue weighted by Crippen LogP contribution is 2.12. The van der Waals surface area contributed by atoms with Crippen molar-refractivity contribution in [3.63, 3.8) is 0 Å². The Hall–Kier alpha value is 0.394. The number of rotatable bonds is 5. The smallest absolute Gasteiger partial charge is 0.0943 e. The molecule has 0 heterocycles. The first-order chi connectivity index (χ1) is 4.92. The Kier molecular flexibility index (Phi) is 5.30. The zero-order chi connectivity index (χ0) is 8.91. The molecule has 0 aromatic heterocycles. The van der Waals surface area contributed by atoms with Crippen LogP contribution in [-0.2, 0) is 0 Å². The molecule has 0 rings (SSSR count). The molecule has 0 aromatic rings. The molecule has 0 aliphatic rings. The fourth-order valence-corrected chi connectivity index (χ4v) is 4.00. The van der Waals surface area contributed by atoms with Gasteiger partial charge in [0.25, 0.3) is 0 Å². The molecule has 0 unspecified atom stereocenters. The van der Waals surface area contributed by atoms with Gasteiger partial charge in [0.15, 0.2) is 0 Å². The van der Waals surface area contributed by atoms with Crippen molar-refractivity contribution in [3.8, 4) is 0 Å². The normalized spacial score (nSPS) is 13.6. The first kappa shape index (κ1) is 11.4. The van der Waals surface area contributed by atoms with Crippen molar-refractivity contribution in [1.82, 2.24) is 4.57 Å². The molecule has 0 spiro atoms. The largest absolute Gasteiger partial charge is 0.334 e. The molecule has 0 atom stereocenters. The summed E-state index contributed by atoms with van der Waals surface area (Å²) in [5, 5.41) is 0. The molecule has 0 bridgehead atoms. The summed E-state index contributed by atoms with van der Waals surface area (Å²) in [6, 6.07) is 3.03. The minimum atomic E-state index is -0.726. The fraction of sp³-hybridized carbons (Fsp3) is 1.00. The second-order valence-electron chi connectivity index (χ2n) is 4.82. The van der Waals surface area contributed by atoms with Gasteiger partial charge in [0.05, 0.1) is 9.68 Å². The molecule has 0 aromatic carbocycles. The van der Waals surface area contributed by atoms with Gasteiger partial charge in [-0.15, -0.1) is 0 Å². The summed E-state index contributed by atoms with van der Waals surface area (Å²) in [6.45, 7) is 7.39. The van der Waals surface area contributed by atoms with E-state index >= 15 is 0 Å². The minimum Gasteiger partial charge on any atom is -0.334 e. The van der Waals surface area contributed by atoms with Gasteiger partial charge in [-0.1, -0.05) is 38.2 Å². The molecular formula is C8H23NSi2. The molecule has 0 saturated heterocycles. The van der Waals surface area contributed by atoms with Crippen molar-refractivity contribution >= 4 is 17.8 Å². The van der Waals surface area contributed by atoms with Gasteiger partial charge in [-0.2, -0.15) is 0 Å². The summed E-state index contributed by atoms with van der Waals surface area (Å²) in [6.07, 6.45) is 1.49. The lowest BCUT2D eigenvalue weighted by atomic mass is 10.6. The molecule has 0 aliphatic carbocycles. The number of hydrogen-bond donors (Lipinski definition) is 0. The molecule has 0 radical (unpaired) electrons. The molecular weight excluding hydrogens is 166 g/mol.